The van der Waals surface area contributed by atoms with E-state index in [-0.39, 0.29) is 11.1 Å². The van der Waals surface area contributed by atoms with Crippen LogP contribution in [0.3, 0.4) is 0 Å². The number of imide groups is 1. The number of hydrogen-bond donors (Lipinski definition) is 0. The van der Waals surface area contributed by atoms with E-state index in [0.717, 1.165) is 32.3 Å². The molecule has 0 aromatic heterocycles. The van der Waals surface area contributed by atoms with Crippen LogP contribution in [0.1, 0.15) is 16.7 Å². The summed E-state index contributed by atoms with van der Waals surface area (Å²) < 4.78 is 6.87. The van der Waals surface area contributed by atoms with Crippen LogP contribution in [0.25, 0.3) is 6.08 Å². The zero-order valence-corrected chi connectivity index (χ0v) is 19.6. The number of amides is 2. The summed E-state index contributed by atoms with van der Waals surface area (Å²) in [5, 5.41) is 0.0927. The number of hydrogen-bond acceptors (Lipinski definition) is 4. The van der Waals surface area contributed by atoms with Gasteiger partial charge in [-0.1, -0.05) is 63.4 Å². The molecule has 1 aliphatic heterocycles. The van der Waals surface area contributed by atoms with Crippen LogP contribution in [-0.4, -0.2) is 11.1 Å². The maximum Gasteiger partial charge on any atom is 0.298 e. The van der Waals surface area contributed by atoms with Crippen molar-refractivity contribution in [2.75, 3.05) is 4.90 Å². The zero-order chi connectivity index (χ0) is 22.0. The minimum absolute atomic E-state index is 0.323. The van der Waals surface area contributed by atoms with Crippen LogP contribution in [-0.2, 0) is 11.4 Å². The number of halogens is 2. The van der Waals surface area contributed by atoms with Gasteiger partial charge in [-0.05, 0) is 66.7 Å². The lowest BCUT2D eigenvalue weighted by molar-refractivity contribution is -0.113. The number of anilines is 1. The minimum Gasteiger partial charge on any atom is -0.488 e. The first-order valence-electron chi connectivity index (χ1n) is 9.42. The second-order valence-electron chi connectivity index (χ2n) is 6.96. The minimum atomic E-state index is -0.387. The van der Waals surface area contributed by atoms with Crippen LogP contribution in [0.15, 0.2) is 76.1 Å². The molecule has 0 bridgehead atoms. The quantitative estimate of drug-likeness (QED) is 0.337. The molecule has 0 radical (unpaired) electrons. The first kappa shape index (κ1) is 21.7. The third-order valence-corrected chi connectivity index (χ3v) is 6.19. The lowest BCUT2D eigenvalue weighted by Crippen LogP contribution is -2.27. The summed E-state index contributed by atoms with van der Waals surface area (Å²) in [6.45, 7) is 2.43. The summed E-state index contributed by atoms with van der Waals surface area (Å²) in [6, 6.07) is 20.3. The molecule has 7 heteroatoms. The van der Waals surface area contributed by atoms with Crippen molar-refractivity contribution in [3.05, 3.63) is 97.8 Å². The van der Waals surface area contributed by atoms with E-state index >= 15 is 0 Å². The van der Waals surface area contributed by atoms with Crippen molar-refractivity contribution in [2.24, 2.45) is 0 Å². The molecule has 0 aliphatic carbocycles. The number of carbonyl (C=O) groups is 2. The molecule has 0 spiro atoms. The molecule has 1 fully saturated rings. The van der Waals surface area contributed by atoms with Crippen molar-refractivity contribution in [3.63, 3.8) is 0 Å². The molecular weight excluding hydrogens is 498 g/mol. The van der Waals surface area contributed by atoms with Gasteiger partial charge in [-0.2, -0.15) is 0 Å². The fraction of sp³-hybridized carbons (Fsp3) is 0.0833. The van der Waals surface area contributed by atoms with Crippen LogP contribution >= 0.6 is 39.3 Å². The molecule has 0 unspecified atom stereocenters. The van der Waals surface area contributed by atoms with E-state index in [9.17, 15) is 9.59 Å². The number of carbonyl (C=O) groups excluding carboxylic acids is 2. The maximum atomic E-state index is 13.0. The van der Waals surface area contributed by atoms with Gasteiger partial charge in [0, 0.05) is 15.1 Å². The van der Waals surface area contributed by atoms with Gasteiger partial charge < -0.3 is 4.74 Å². The van der Waals surface area contributed by atoms with E-state index in [0.29, 0.717) is 33.5 Å². The molecule has 2 amide bonds. The highest BCUT2D eigenvalue weighted by Crippen LogP contribution is 2.38. The fourth-order valence-electron chi connectivity index (χ4n) is 3.17. The number of thioether (sulfide) groups is 1. The van der Waals surface area contributed by atoms with Crippen LogP contribution in [0.5, 0.6) is 5.75 Å². The summed E-state index contributed by atoms with van der Waals surface area (Å²) in [6.07, 6.45) is 1.69. The van der Waals surface area contributed by atoms with Crippen molar-refractivity contribution in [3.8, 4) is 5.75 Å². The normalized spacial score (nSPS) is 15.1. The Balaban J connectivity index is 1.61. The first-order valence-corrected chi connectivity index (χ1v) is 11.4. The lowest BCUT2D eigenvalue weighted by atomic mass is 10.1. The van der Waals surface area contributed by atoms with Crippen LogP contribution in [0.2, 0.25) is 5.02 Å². The number of ether oxygens (including phenoxy) is 1. The number of rotatable bonds is 5. The zero-order valence-electron chi connectivity index (χ0n) is 16.5. The Morgan fingerprint density at radius 3 is 2.65 bits per heavy atom. The summed E-state index contributed by atoms with van der Waals surface area (Å²) in [5.74, 6) is 0.237. The van der Waals surface area contributed by atoms with E-state index in [1.807, 2.05) is 43.3 Å². The van der Waals surface area contributed by atoms with Gasteiger partial charge in [0.2, 0.25) is 0 Å². The highest BCUT2D eigenvalue weighted by molar-refractivity contribution is 9.10. The molecule has 1 heterocycles. The van der Waals surface area contributed by atoms with Gasteiger partial charge in [0.1, 0.15) is 12.4 Å². The van der Waals surface area contributed by atoms with Gasteiger partial charge in [0.05, 0.1) is 10.6 Å². The van der Waals surface area contributed by atoms with E-state index in [4.69, 9.17) is 16.3 Å². The average molecular weight is 515 g/mol. The fourth-order valence-corrected chi connectivity index (χ4v) is 4.57. The Labute approximate surface area is 198 Å². The molecule has 4 rings (SSSR count). The Bertz CT molecular complexity index is 1210. The standard InChI is InChI=1S/C24H17BrClNO3S/c1-15-4-2-5-16(10-15)14-30-21-9-8-18(25)11-17(21)12-22-23(28)27(24(29)31-22)20-7-3-6-19(26)13-20/h2-13H,14H2,1H3/b22-12+. The van der Waals surface area contributed by atoms with E-state index in [1.54, 1.807) is 30.3 Å². The molecule has 1 saturated heterocycles. The lowest BCUT2D eigenvalue weighted by Gasteiger charge is -2.13. The predicted octanol–water partition coefficient (Wildman–Crippen LogP) is 7.23. The van der Waals surface area contributed by atoms with Crippen molar-refractivity contribution in [1.82, 2.24) is 0 Å². The number of nitrogens with zero attached hydrogens (tertiary/aromatic N) is 1. The van der Waals surface area contributed by atoms with E-state index in [1.165, 1.54) is 0 Å². The molecular formula is C24H17BrClNO3S. The van der Waals surface area contributed by atoms with E-state index < -0.39 is 0 Å². The Morgan fingerprint density at radius 1 is 1.06 bits per heavy atom. The largest absolute Gasteiger partial charge is 0.488 e. The third-order valence-electron chi connectivity index (χ3n) is 4.60. The smallest absolute Gasteiger partial charge is 0.298 e. The van der Waals surface area contributed by atoms with Crippen molar-refractivity contribution >= 4 is 62.2 Å². The Morgan fingerprint density at radius 2 is 1.87 bits per heavy atom. The van der Waals surface area contributed by atoms with E-state index in [2.05, 4.69) is 22.0 Å². The number of aryl methyl sites for hydroxylation is 1. The van der Waals surface area contributed by atoms with Gasteiger partial charge in [0.15, 0.2) is 0 Å². The maximum absolute atomic E-state index is 13.0. The first-order chi connectivity index (χ1) is 14.9. The van der Waals surface area contributed by atoms with Gasteiger partial charge in [-0.25, -0.2) is 4.90 Å². The average Bonchev–Trinajstić information content (AvgIpc) is 3.00. The highest BCUT2D eigenvalue weighted by atomic mass is 79.9. The predicted molar refractivity (Wildman–Crippen MR) is 130 cm³/mol. The SMILES string of the molecule is Cc1cccc(COc2ccc(Br)cc2/C=C2/SC(=O)N(c3cccc(Cl)c3)C2=O)c1. The summed E-state index contributed by atoms with van der Waals surface area (Å²) in [5.41, 5.74) is 3.36. The Hall–Kier alpha value is -2.54. The van der Waals surface area contributed by atoms with Gasteiger partial charge >= 0.3 is 0 Å². The number of benzene rings is 3. The van der Waals surface area contributed by atoms with Crippen LogP contribution in [0, 0.1) is 6.92 Å². The van der Waals surface area contributed by atoms with Crippen molar-refractivity contribution in [2.45, 2.75) is 13.5 Å². The topological polar surface area (TPSA) is 46.6 Å². The van der Waals surface area contributed by atoms with Gasteiger partial charge in [0.25, 0.3) is 11.1 Å². The summed E-state index contributed by atoms with van der Waals surface area (Å²) >= 11 is 10.4. The summed E-state index contributed by atoms with van der Waals surface area (Å²) in [4.78, 5) is 27.0. The second-order valence-corrected chi connectivity index (χ2v) is 9.30. The van der Waals surface area contributed by atoms with Gasteiger partial charge in [-0.15, -0.1) is 0 Å². The monoisotopic (exact) mass is 513 g/mol. The molecule has 0 saturated carbocycles. The molecule has 31 heavy (non-hydrogen) atoms. The Kier molecular flexibility index (Phi) is 6.51. The second kappa shape index (κ2) is 9.30. The molecule has 3 aromatic carbocycles. The van der Waals surface area contributed by atoms with Crippen LogP contribution in [0.4, 0.5) is 10.5 Å². The van der Waals surface area contributed by atoms with Crippen molar-refractivity contribution in [1.29, 1.82) is 0 Å². The molecule has 3 aromatic rings. The molecule has 0 atom stereocenters. The highest BCUT2D eigenvalue weighted by Gasteiger charge is 2.36. The third kappa shape index (κ3) is 5.03. The molecule has 1 aliphatic rings. The van der Waals surface area contributed by atoms with Crippen LogP contribution < -0.4 is 9.64 Å². The van der Waals surface area contributed by atoms with Gasteiger partial charge in [-0.3, -0.25) is 9.59 Å². The molecule has 156 valence electrons. The summed E-state index contributed by atoms with van der Waals surface area (Å²) in [7, 11) is 0. The van der Waals surface area contributed by atoms with Crippen molar-refractivity contribution < 1.29 is 14.3 Å². The molecule has 4 nitrogen and oxygen atoms in total. The molecule has 0 N–H and O–H groups in total.